The highest BCUT2D eigenvalue weighted by Gasteiger charge is 2.22. The normalized spacial score (nSPS) is 13.7. The van der Waals surface area contributed by atoms with Crippen LogP contribution in [-0.2, 0) is 14.8 Å². The van der Waals surface area contributed by atoms with Gasteiger partial charge >= 0.3 is 0 Å². The van der Waals surface area contributed by atoms with E-state index in [1.54, 1.807) is 0 Å². The predicted molar refractivity (Wildman–Crippen MR) is 73.5 cm³/mol. The van der Waals surface area contributed by atoms with Crippen LogP contribution >= 0.6 is 0 Å². The van der Waals surface area contributed by atoms with Gasteiger partial charge in [0.2, 0.25) is 10.0 Å². The summed E-state index contributed by atoms with van der Waals surface area (Å²) < 4.78 is 32.3. The summed E-state index contributed by atoms with van der Waals surface area (Å²) in [6.45, 7) is 6.58. The van der Waals surface area contributed by atoms with E-state index in [2.05, 4.69) is 4.72 Å². The first kappa shape index (κ1) is 15.9. The lowest BCUT2D eigenvalue weighted by Crippen LogP contribution is -2.41. The van der Waals surface area contributed by atoms with Crippen molar-refractivity contribution in [2.24, 2.45) is 5.92 Å². The van der Waals surface area contributed by atoms with Crippen LogP contribution in [0.3, 0.4) is 0 Å². The Bertz CT molecular complexity index is 499. The first-order valence-corrected chi connectivity index (χ1v) is 7.74. The second kappa shape index (κ2) is 6.88. The summed E-state index contributed by atoms with van der Waals surface area (Å²) in [4.78, 5) is 0.0506. The molecule has 1 rings (SSSR count). The van der Waals surface area contributed by atoms with E-state index in [4.69, 9.17) is 4.74 Å². The molecule has 0 heterocycles. The van der Waals surface area contributed by atoms with E-state index in [-0.39, 0.29) is 22.6 Å². The molecule has 6 heteroatoms. The van der Waals surface area contributed by atoms with Gasteiger partial charge in [-0.3, -0.25) is 0 Å². The molecule has 19 heavy (non-hydrogen) atoms. The molecule has 0 aliphatic heterocycles. The molecule has 1 aromatic rings. The second-order valence-corrected chi connectivity index (χ2v) is 6.34. The summed E-state index contributed by atoms with van der Waals surface area (Å²) in [6.07, 6.45) is 0. The Balaban J connectivity index is 2.88. The van der Waals surface area contributed by atoms with Crippen molar-refractivity contribution in [1.82, 2.24) is 4.72 Å². The quantitative estimate of drug-likeness (QED) is 0.801. The molecule has 0 saturated carbocycles. The van der Waals surface area contributed by atoms with Crippen LogP contribution < -0.4 is 4.72 Å². The third-order valence-corrected chi connectivity index (χ3v) is 4.23. The fraction of sp³-hybridized carbons (Fsp3) is 0.538. The van der Waals surface area contributed by atoms with Crippen LogP contribution in [0.25, 0.3) is 0 Å². The fourth-order valence-corrected chi connectivity index (χ4v) is 2.93. The molecule has 1 atom stereocenters. The second-order valence-electron chi connectivity index (χ2n) is 4.63. The molecule has 0 radical (unpaired) electrons. The van der Waals surface area contributed by atoms with Crippen LogP contribution in [0.4, 0.5) is 0 Å². The van der Waals surface area contributed by atoms with Crippen LogP contribution in [0.1, 0.15) is 20.8 Å². The Kier molecular flexibility index (Phi) is 5.78. The Morgan fingerprint density at radius 1 is 1.37 bits per heavy atom. The molecular weight excluding hydrogens is 266 g/mol. The number of hydrogen-bond acceptors (Lipinski definition) is 4. The number of ether oxygens (including phenoxy) is 1. The summed E-state index contributed by atoms with van der Waals surface area (Å²) in [5.74, 6) is 0.0346. The number of aromatic hydroxyl groups is 1. The molecule has 108 valence electrons. The molecule has 0 spiro atoms. The van der Waals surface area contributed by atoms with Gasteiger partial charge < -0.3 is 9.84 Å². The molecule has 1 unspecified atom stereocenters. The minimum atomic E-state index is -3.65. The zero-order valence-corrected chi connectivity index (χ0v) is 12.3. The lowest BCUT2D eigenvalue weighted by atomic mass is 10.1. The van der Waals surface area contributed by atoms with Crippen LogP contribution in [0, 0.1) is 5.92 Å². The molecule has 0 aliphatic carbocycles. The maximum Gasteiger partial charge on any atom is 0.241 e. The van der Waals surface area contributed by atoms with E-state index in [1.165, 1.54) is 24.3 Å². The number of phenolic OH excluding ortho intramolecular Hbond substituents is 1. The third kappa shape index (κ3) is 4.81. The van der Waals surface area contributed by atoms with Gasteiger partial charge in [0.25, 0.3) is 0 Å². The molecule has 0 saturated heterocycles. The molecule has 2 N–H and O–H groups in total. The Morgan fingerprint density at radius 2 is 2.05 bits per heavy atom. The van der Waals surface area contributed by atoms with Gasteiger partial charge in [-0.05, 0) is 31.0 Å². The lowest BCUT2D eigenvalue weighted by Gasteiger charge is -2.22. The predicted octanol–water partition coefficient (Wildman–Crippen LogP) is 1.73. The molecule has 0 aromatic heterocycles. The van der Waals surface area contributed by atoms with Crippen molar-refractivity contribution in [2.45, 2.75) is 31.7 Å². The number of phenols is 1. The van der Waals surface area contributed by atoms with E-state index in [1.807, 2.05) is 20.8 Å². The first-order valence-electron chi connectivity index (χ1n) is 6.26. The zero-order chi connectivity index (χ0) is 14.5. The molecule has 0 fully saturated rings. The molecule has 1 aromatic carbocycles. The van der Waals surface area contributed by atoms with E-state index < -0.39 is 10.0 Å². The maximum absolute atomic E-state index is 12.2. The van der Waals surface area contributed by atoms with Crippen LogP contribution in [0.2, 0.25) is 0 Å². The van der Waals surface area contributed by atoms with Crippen LogP contribution in [0.15, 0.2) is 29.2 Å². The molecule has 0 amide bonds. The summed E-state index contributed by atoms with van der Waals surface area (Å²) in [6, 6.07) is 5.29. The van der Waals surface area contributed by atoms with E-state index >= 15 is 0 Å². The van der Waals surface area contributed by atoms with E-state index in [0.717, 1.165) is 0 Å². The Morgan fingerprint density at radius 3 is 2.58 bits per heavy atom. The van der Waals surface area contributed by atoms with Gasteiger partial charge in [-0.15, -0.1) is 0 Å². The number of nitrogens with one attached hydrogen (secondary N) is 1. The SMILES string of the molecule is CCOCC(NS(=O)(=O)c1cccc(O)c1)C(C)C. The van der Waals surface area contributed by atoms with Gasteiger partial charge in [-0.25, -0.2) is 13.1 Å². The van der Waals surface area contributed by atoms with Crippen molar-refractivity contribution in [3.05, 3.63) is 24.3 Å². The van der Waals surface area contributed by atoms with Crippen molar-refractivity contribution in [3.63, 3.8) is 0 Å². The average Bonchev–Trinajstić information content (AvgIpc) is 2.34. The van der Waals surface area contributed by atoms with Gasteiger partial charge in [0, 0.05) is 12.6 Å². The first-order chi connectivity index (χ1) is 8.86. The van der Waals surface area contributed by atoms with E-state index in [9.17, 15) is 13.5 Å². The van der Waals surface area contributed by atoms with Gasteiger partial charge in [-0.1, -0.05) is 19.9 Å². The van der Waals surface area contributed by atoms with Crippen LogP contribution in [0.5, 0.6) is 5.75 Å². The number of benzene rings is 1. The smallest absolute Gasteiger partial charge is 0.241 e. The van der Waals surface area contributed by atoms with Gasteiger partial charge in [0.15, 0.2) is 0 Å². The van der Waals surface area contributed by atoms with Crippen molar-refractivity contribution in [2.75, 3.05) is 13.2 Å². The molecule has 0 bridgehead atoms. The van der Waals surface area contributed by atoms with Gasteiger partial charge in [-0.2, -0.15) is 0 Å². The summed E-state index contributed by atoms with van der Waals surface area (Å²) in [5, 5.41) is 9.34. The van der Waals surface area contributed by atoms with Crippen LogP contribution in [-0.4, -0.2) is 32.8 Å². The summed E-state index contributed by atoms with van der Waals surface area (Å²) in [7, 11) is -3.65. The molecule has 0 aliphatic rings. The number of hydrogen-bond donors (Lipinski definition) is 2. The fourth-order valence-electron chi connectivity index (χ4n) is 1.53. The van der Waals surface area contributed by atoms with E-state index in [0.29, 0.717) is 13.2 Å². The highest BCUT2D eigenvalue weighted by molar-refractivity contribution is 7.89. The monoisotopic (exact) mass is 287 g/mol. The topological polar surface area (TPSA) is 75.6 Å². The van der Waals surface area contributed by atoms with Gasteiger partial charge in [0.1, 0.15) is 5.75 Å². The standard InChI is InChI=1S/C13H21NO4S/c1-4-18-9-13(10(2)3)14-19(16,17)12-7-5-6-11(15)8-12/h5-8,10,13-15H,4,9H2,1-3H3. The molecular formula is C13H21NO4S. The van der Waals surface area contributed by atoms with Crippen molar-refractivity contribution in [3.8, 4) is 5.75 Å². The van der Waals surface area contributed by atoms with Crippen molar-refractivity contribution < 1.29 is 18.3 Å². The number of sulfonamides is 1. The highest BCUT2D eigenvalue weighted by Crippen LogP contribution is 2.17. The minimum absolute atomic E-state index is 0.0506. The largest absolute Gasteiger partial charge is 0.508 e. The Labute approximate surface area is 114 Å². The maximum atomic E-state index is 12.2. The summed E-state index contributed by atoms with van der Waals surface area (Å²) in [5.41, 5.74) is 0. The zero-order valence-electron chi connectivity index (χ0n) is 11.5. The Hall–Kier alpha value is -1.11. The highest BCUT2D eigenvalue weighted by atomic mass is 32.2. The van der Waals surface area contributed by atoms with Crippen molar-refractivity contribution >= 4 is 10.0 Å². The van der Waals surface area contributed by atoms with Crippen molar-refractivity contribution in [1.29, 1.82) is 0 Å². The summed E-state index contributed by atoms with van der Waals surface area (Å²) >= 11 is 0. The lowest BCUT2D eigenvalue weighted by molar-refractivity contribution is 0.116. The minimum Gasteiger partial charge on any atom is -0.508 e. The average molecular weight is 287 g/mol. The molecule has 5 nitrogen and oxygen atoms in total. The third-order valence-electron chi connectivity index (χ3n) is 2.74. The number of rotatable bonds is 7. The van der Waals surface area contributed by atoms with Gasteiger partial charge in [0.05, 0.1) is 11.5 Å².